The highest BCUT2D eigenvalue weighted by Gasteiger charge is 2.17. The molecule has 0 radical (unpaired) electrons. The van der Waals surface area contributed by atoms with Crippen LogP contribution in [0.4, 0.5) is 4.39 Å². The molecular weight excluding hydrogens is 409 g/mol. The number of nitrogens with one attached hydrogen (secondary N) is 2. The molecule has 0 aliphatic rings. The Morgan fingerprint density at radius 2 is 1.84 bits per heavy atom. The van der Waals surface area contributed by atoms with Crippen LogP contribution in [-0.4, -0.2) is 40.2 Å². The van der Waals surface area contributed by atoms with Crippen LogP contribution in [0.1, 0.15) is 0 Å². The van der Waals surface area contributed by atoms with Crippen molar-refractivity contribution in [1.29, 1.82) is 0 Å². The Morgan fingerprint density at radius 1 is 0.938 bits per heavy atom. The molecule has 6 aromatic rings. The van der Waals surface area contributed by atoms with Crippen molar-refractivity contribution in [1.82, 2.24) is 35.1 Å². The summed E-state index contributed by atoms with van der Waals surface area (Å²) in [5.41, 5.74) is 4.81. The van der Waals surface area contributed by atoms with Gasteiger partial charge < -0.3 is 10.1 Å². The van der Waals surface area contributed by atoms with Gasteiger partial charge in [0.25, 0.3) is 0 Å². The van der Waals surface area contributed by atoms with E-state index in [4.69, 9.17) is 0 Å². The molecule has 6 rings (SSSR count). The number of aromatic hydroxyl groups is 1. The van der Waals surface area contributed by atoms with Crippen LogP contribution in [0.25, 0.3) is 56.0 Å². The first-order valence-corrected chi connectivity index (χ1v) is 9.76. The van der Waals surface area contributed by atoms with Gasteiger partial charge in [-0.15, -0.1) is 0 Å². The summed E-state index contributed by atoms with van der Waals surface area (Å²) in [5.74, 6) is 0.228. The average Bonchev–Trinajstić information content (AvgIpc) is 3.43. The Kier molecular flexibility index (Phi) is 3.94. The molecule has 0 fully saturated rings. The Labute approximate surface area is 179 Å². The molecule has 0 aliphatic heterocycles. The summed E-state index contributed by atoms with van der Waals surface area (Å²) in [6, 6.07) is 11.8. The van der Waals surface area contributed by atoms with Crippen LogP contribution in [0.2, 0.25) is 0 Å². The number of aromatic amines is 2. The standard InChI is InChI=1S/C23H14FN7O/c24-17-4-2-1-3-14(17)15-5-6-26-22-20(15)28-23(29-22)21-16-8-18(27-11-19(16)30-31-21)12-7-13(32)10-25-9-12/h1-11,32H,(H,30,31)(H,26,28,29). The number of hydrogen-bond acceptors (Lipinski definition) is 6. The molecule has 9 heteroatoms. The molecule has 1 aromatic carbocycles. The highest BCUT2D eigenvalue weighted by atomic mass is 19.1. The first kappa shape index (κ1) is 18.1. The number of aromatic nitrogens is 7. The molecule has 5 heterocycles. The monoisotopic (exact) mass is 423 g/mol. The fourth-order valence-electron chi connectivity index (χ4n) is 3.75. The zero-order valence-electron chi connectivity index (χ0n) is 16.4. The summed E-state index contributed by atoms with van der Waals surface area (Å²) in [7, 11) is 0. The molecule has 8 nitrogen and oxygen atoms in total. The van der Waals surface area contributed by atoms with Gasteiger partial charge in [-0.25, -0.2) is 14.4 Å². The predicted molar refractivity (Wildman–Crippen MR) is 117 cm³/mol. The number of H-pyrrole nitrogens is 2. The van der Waals surface area contributed by atoms with E-state index in [0.717, 1.165) is 10.9 Å². The third kappa shape index (κ3) is 2.87. The SMILES string of the molecule is Oc1cncc(-c2cc3c(-c4nc5nccc(-c6ccccc6F)c5[nH]4)n[nH]c3cn2)c1. The molecule has 0 bridgehead atoms. The van der Waals surface area contributed by atoms with Crippen molar-refractivity contribution < 1.29 is 9.50 Å². The van der Waals surface area contributed by atoms with E-state index in [0.29, 0.717) is 45.1 Å². The summed E-state index contributed by atoms with van der Waals surface area (Å²) in [6.07, 6.45) is 6.25. The Hall–Kier alpha value is -4.66. The summed E-state index contributed by atoms with van der Waals surface area (Å²) < 4.78 is 14.4. The number of imidazole rings is 1. The third-order valence-electron chi connectivity index (χ3n) is 5.25. The van der Waals surface area contributed by atoms with Crippen LogP contribution in [-0.2, 0) is 0 Å². The van der Waals surface area contributed by atoms with Crippen LogP contribution in [0, 0.1) is 5.82 Å². The number of pyridine rings is 3. The zero-order valence-corrected chi connectivity index (χ0v) is 16.4. The van der Waals surface area contributed by atoms with Crippen molar-refractivity contribution >= 4 is 22.1 Å². The smallest absolute Gasteiger partial charge is 0.178 e. The minimum Gasteiger partial charge on any atom is -0.506 e. The van der Waals surface area contributed by atoms with Crippen molar-refractivity contribution in [2.24, 2.45) is 0 Å². The maximum Gasteiger partial charge on any atom is 0.178 e. The second kappa shape index (κ2) is 6.95. The van der Waals surface area contributed by atoms with Crippen molar-refractivity contribution in [3.63, 3.8) is 0 Å². The van der Waals surface area contributed by atoms with E-state index in [9.17, 15) is 9.50 Å². The quantitative estimate of drug-likeness (QED) is 0.387. The van der Waals surface area contributed by atoms with Gasteiger partial charge in [0.15, 0.2) is 11.5 Å². The molecule has 0 saturated carbocycles. The Balaban J connectivity index is 1.52. The van der Waals surface area contributed by atoms with Crippen molar-refractivity contribution in [2.75, 3.05) is 0 Å². The summed E-state index contributed by atoms with van der Waals surface area (Å²) in [6.45, 7) is 0. The molecule has 0 amide bonds. The highest BCUT2D eigenvalue weighted by Crippen LogP contribution is 2.32. The van der Waals surface area contributed by atoms with E-state index < -0.39 is 0 Å². The van der Waals surface area contributed by atoms with Gasteiger partial charge in [-0.2, -0.15) is 5.10 Å². The number of fused-ring (bicyclic) bond motifs is 2. The summed E-state index contributed by atoms with van der Waals surface area (Å²) in [5, 5.41) is 17.9. The second-order valence-electron chi connectivity index (χ2n) is 7.24. The topological polar surface area (TPSA) is 116 Å². The predicted octanol–water partition coefficient (Wildman–Crippen LogP) is 4.47. The maximum absolute atomic E-state index is 14.4. The third-order valence-corrected chi connectivity index (χ3v) is 5.25. The number of hydrogen-bond donors (Lipinski definition) is 3. The average molecular weight is 423 g/mol. The van der Waals surface area contributed by atoms with Gasteiger partial charge in [-0.3, -0.25) is 15.1 Å². The number of rotatable bonds is 3. The lowest BCUT2D eigenvalue weighted by Crippen LogP contribution is -1.87. The zero-order chi connectivity index (χ0) is 21.7. The molecule has 154 valence electrons. The fraction of sp³-hybridized carbons (Fsp3) is 0. The minimum absolute atomic E-state index is 0.0563. The minimum atomic E-state index is -0.322. The van der Waals surface area contributed by atoms with Crippen LogP contribution in [0.15, 0.2) is 67.3 Å². The van der Waals surface area contributed by atoms with Gasteiger partial charge >= 0.3 is 0 Å². The van der Waals surface area contributed by atoms with E-state index in [1.54, 1.807) is 48.9 Å². The van der Waals surface area contributed by atoms with Crippen molar-refractivity contribution in [3.05, 3.63) is 73.1 Å². The summed E-state index contributed by atoms with van der Waals surface area (Å²) >= 11 is 0. The lowest BCUT2D eigenvalue weighted by atomic mass is 10.1. The van der Waals surface area contributed by atoms with E-state index in [-0.39, 0.29) is 11.6 Å². The number of benzene rings is 1. The largest absolute Gasteiger partial charge is 0.506 e. The fourth-order valence-corrected chi connectivity index (χ4v) is 3.75. The first-order valence-electron chi connectivity index (χ1n) is 9.76. The number of halogens is 1. The molecule has 3 N–H and O–H groups in total. The van der Waals surface area contributed by atoms with Crippen molar-refractivity contribution in [3.8, 4) is 39.7 Å². The summed E-state index contributed by atoms with van der Waals surface area (Å²) in [4.78, 5) is 20.6. The molecule has 5 aromatic heterocycles. The molecular formula is C23H14FN7O. The number of nitrogens with zero attached hydrogens (tertiary/aromatic N) is 5. The van der Waals surface area contributed by atoms with E-state index in [1.807, 2.05) is 6.07 Å². The van der Waals surface area contributed by atoms with Gasteiger partial charge in [0, 0.05) is 34.5 Å². The Bertz CT molecular complexity index is 1620. The molecule has 32 heavy (non-hydrogen) atoms. The van der Waals surface area contributed by atoms with Crippen LogP contribution in [0.3, 0.4) is 0 Å². The molecule has 0 saturated heterocycles. The molecule has 0 spiro atoms. The highest BCUT2D eigenvalue weighted by molar-refractivity contribution is 5.96. The van der Waals surface area contributed by atoms with Gasteiger partial charge in [0.05, 0.1) is 29.1 Å². The molecule has 0 unspecified atom stereocenters. The van der Waals surface area contributed by atoms with Gasteiger partial charge in [0.2, 0.25) is 0 Å². The van der Waals surface area contributed by atoms with Gasteiger partial charge in [-0.1, -0.05) is 18.2 Å². The van der Waals surface area contributed by atoms with Crippen molar-refractivity contribution in [2.45, 2.75) is 0 Å². The van der Waals surface area contributed by atoms with E-state index in [1.165, 1.54) is 12.3 Å². The van der Waals surface area contributed by atoms with Crippen LogP contribution >= 0.6 is 0 Å². The normalized spacial score (nSPS) is 11.4. The first-order chi connectivity index (χ1) is 15.7. The molecule has 0 atom stereocenters. The lowest BCUT2D eigenvalue weighted by molar-refractivity contribution is 0.473. The van der Waals surface area contributed by atoms with E-state index in [2.05, 4.69) is 35.1 Å². The van der Waals surface area contributed by atoms with Gasteiger partial charge in [0.1, 0.15) is 17.3 Å². The Morgan fingerprint density at radius 3 is 2.72 bits per heavy atom. The molecule has 0 aliphatic carbocycles. The van der Waals surface area contributed by atoms with Crippen LogP contribution in [0.5, 0.6) is 5.75 Å². The van der Waals surface area contributed by atoms with Crippen LogP contribution < -0.4 is 0 Å². The lowest BCUT2D eigenvalue weighted by Gasteiger charge is -2.03. The second-order valence-corrected chi connectivity index (χ2v) is 7.24. The van der Waals surface area contributed by atoms with Gasteiger partial charge in [-0.05, 0) is 24.3 Å². The van der Waals surface area contributed by atoms with E-state index >= 15 is 0 Å². The maximum atomic E-state index is 14.4.